The van der Waals surface area contributed by atoms with E-state index >= 15 is 0 Å². The molecule has 4 aromatic rings. The van der Waals surface area contributed by atoms with Crippen molar-refractivity contribution < 1.29 is 9.18 Å². The molecule has 4 rings (SSSR count). The van der Waals surface area contributed by atoms with Crippen LogP contribution in [0.5, 0.6) is 0 Å². The second-order valence-electron chi connectivity index (χ2n) is 5.93. The van der Waals surface area contributed by atoms with Crippen molar-refractivity contribution in [3.05, 3.63) is 78.5 Å². The standard InChI is InChI=1S/C20H16FN5O/c21-16-5-3-15(4-6-16)20(27)24-12-13-26-18(14-7-10-22-11-8-14)25-17-2-1-9-23-19(17)26/h1-11H,12-13H2,(H,24,27). The first-order chi connectivity index (χ1) is 13.2. The Bertz CT molecular complexity index is 1080. The number of nitrogens with one attached hydrogen (secondary N) is 1. The first-order valence-electron chi connectivity index (χ1n) is 8.48. The molecule has 0 aliphatic carbocycles. The lowest BCUT2D eigenvalue weighted by atomic mass is 10.2. The highest BCUT2D eigenvalue weighted by molar-refractivity contribution is 5.94. The lowest BCUT2D eigenvalue weighted by Gasteiger charge is -2.10. The number of amides is 1. The molecule has 0 radical (unpaired) electrons. The molecule has 134 valence electrons. The smallest absolute Gasteiger partial charge is 0.251 e. The highest BCUT2D eigenvalue weighted by Gasteiger charge is 2.13. The number of fused-ring (bicyclic) bond motifs is 1. The molecule has 0 saturated carbocycles. The zero-order chi connectivity index (χ0) is 18.6. The Hall–Kier alpha value is -3.61. The third kappa shape index (κ3) is 3.52. The number of aromatic nitrogens is 4. The van der Waals surface area contributed by atoms with Gasteiger partial charge in [0.1, 0.15) is 17.2 Å². The Morgan fingerprint density at radius 1 is 1.04 bits per heavy atom. The fraction of sp³-hybridized carbons (Fsp3) is 0.100. The zero-order valence-electron chi connectivity index (χ0n) is 14.3. The Labute approximate surface area is 154 Å². The number of nitrogens with zero attached hydrogens (tertiary/aromatic N) is 4. The third-order valence-corrected chi connectivity index (χ3v) is 4.17. The molecular weight excluding hydrogens is 345 g/mol. The molecule has 1 aromatic carbocycles. The van der Waals surface area contributed by atoms with Gasteiger partial charge in [0.05, 0.1) is 0 Å². The molecule has 0 saturated heterocycles. The van der Waals surface area contributed by atoms with E-state index in [0.29, 0.717) is 18.7 Å². The Kier molecular flexibility index (Phi) is 4.57. The largest absolute Gasteiger partial charge is 0.350 e. The van der Waals surface area contributed by atoms with E-state index in [1.54, 1.807) is 18.6 Å². The number of benzene rings is 1. The zero-order valence-corrected chi connectivity index (χ0v) is 14.3. The van der Waals surface area contributed by atoms with Crippen LogP contribution in [0, 0.1) is 5.82 Å². The van der Waals surface area contributed by atoms with Crippen molar-refractivity contribution in [2.24, 2.45) is 0 Å². The van der Waals surface area contributed by atoms with Crippen LogP contribution in [0.4, 0.5) is 4.39 Å². The molecule has 0 fully saturated rings. The van der Waals surface area contributed by atoms with Crippen LogP contribution >= 0.6 is 0 Å². The van der Waals surface area contributed by atoms with Crippen molar-refractivity contribution >= 4 is 17.1 Å². The predicted octanol–water partition coefficient (Wildman–Crippen LogP) is 3.06. The van der Waals surface area contributed by atoms with Gasteiger partial charge in [-0.25, -0.2) is 14.4 Å². The molecular formula is C20H16FN5O. The van der Waals surface area contributed by atoms with E-state index in [0.717, 1.165) is 22.6 Å². The summed E-state index contributed by atoms with van der Waals surface area (Å²) in [6, 6.07) is 13.0. The summed E-state index contributed by atoms with van der Waals surface area (Å²) in [7, 11) is 0. The van der Waals surface area contributed by atoms with Gasteiger partial charge in [-0.15, -0.1) is 0 Å². The summed E-state index contributed by atoms with van der Waals surface area (Å²) >= 11 is 0. The molecule has 7 heteroatoms. The molecule has 0 bridgehead atoms. The van der Waals surface area contributed by atoms with Gasteiger partial charge in [0.25, 0.3) is 5.91 Å². The molecule has 1 amide bonds. The van der Waals surface area contributed by atoms with Crippen molar-refractivity contribution in [2.75, 3.05) is 6.54 Å². The van der Waals surface area contributed by atoms with Gasteiger partial charge in [-0.1, -0.05) is 0 Å². The number of carbonyl (C=O) groups is 1. The summed E-state index contributed by atoms with van der Waals surface area (Å²) in [6.45, 7) is 0.883. The van der Waals surface area contributed by atoms with Crippen molar-refractivity contribution in [2.45, 2.75) is 6.54 Å². The normalized spacial score (nSPS) is 10.9. The summed E-state index contributed by atoms with van der Waals surface area (Å²) in [5.41, 5.74) is 2.88. The molecule has 27 heavy (non-hydrogen) atoms. The topological polar surface area (TPSA) is 72.7 Å². The summed E-state index contributed by atoms with van der Waals surface area (Å²) in [4.78, 5) is 25.4. The second kappa shape index (κ2) is 7.33. The fourth-order valence-electron chi connectivity index (χ4n) is 2.88. The van der Waals surface area contributed by atoms with Crippen LogP contribution in [0.2, 0.25) is 0 Å². The highest BCUT2D eigenvalue weighted by Crippen LogP contribution is 2.22. The van der Waals surface area contributed by atoms with Gasteiger partial charge >= 0.3 is 0 Å². The summed E-state index contributed by atoms with van der Waals surface area (Å²) in [6.07, 6.45) is 5.14. The number of imidazole rings is 1. The van der Waals surface area contributed by atoms with Crippen LogP contribution < -0.4 is 5.32 Å². The number of carbonyl (C=O) groups excluding carboxylic acids is 1. The molecule has 0 aliphatic heterocycles. The van der Waals surface area contributed by atoms with E-state index in [2.05, 4.69) is 20.3 Å². The van der Waals surface area contributed by atoms with Gasteiger partial charge in [0.15, 0.2) is 5.65 Å². The lowest BCUT2D eigenvalue weighted by Crippen LogP contribution is -2.27. The molecule has 1 N–H and O–H groups in total. The van der Waals surface area contributed by atoms with Crippen molar-refractivity contribution in [3.63, 3.8) is 0 Å². The van der Waals surface area contributed by atoms with Crippen LogP contribution in [0.3, 0.4) is 0 Å². The van der Waals surface area contributed by atoms with Crippen molar-refractivity contribution in [1.29, 1.82) is 0 Å². The number of pyridine rings is 2. The van der Waals surface area contributed by atoms with E-state index in [9.17, 15) is 9.18 Å². The van der Waals surface area contributed by atoms with Crippen LogP contribution in [0.25, 0.3) is 22.6 Å². The van der Waals surface area contributed by atoms with Crippen molar-refractivity contribution in [1.82, 2.24) is 24.8 Å². The molecule has 3 aromatic heterocycles. The summed E-state index contributed by atoms with van der Waals surface area (Å²) in [5, 5.41) is 2.85. The van der Waals surface area contributed by atoms with Gasteiger partial charge in [0.2, 0.25) is 0 Å². The van der Waals surface area contributed by atoms with Crippen LogP contribution in [-0.2, 0) is 6.54 Å². The van der Waals surface area contributed by atoms with Gasteiger partial charge in [-0.05, 0) is 48.5 Å². The predicted molar refractivity (Wildman–Crippen MR) is 99.5 cm³/mol. The Balaban J connectivity index is 1.56. The van der Waals surface area contributed by atoms with E-state index < -0.39 is 0 Å². The quantitative estimate of drug-likeness (QED) is 0.593. The minimum atomic E-state index is -0.371. The number of halogens is 1. The SMILES string of the molecule is O=C(NCCn1c(-c2ccncc2)nc2cccnc21)c1ccc(F)cc1. The molecule has 0 aliphatic rings. The summed E-state index contributed by atoms with van der Waals surface area (Å²) in [5.74, 6) is 0.143. The first kappa shape index (κ1) is 16.8. The van der Waals surface area contributed by atoms with E-state index in [-0.39, 0.29) is 11.7 Å². The van der Waals surface area contributed by atoms with Crippen molar-refractivity contribution in [3.8, 4) is 11.4 Å². The minimum absolute atomic E-state index is 0.252. The van der Waals surface area contributed by atoms with Crippen LogP contribution in [0.15, 0.2) is 67.1 Å². The highest BCUT2D eigenvalue weighted by atomic mass is 19.1. The molecule has 6 nitrogen and oxygen atoms in total. The van der Waals surface area contributed by atoms with Gasteiger partial charge in [0, 0.05) is 42.8 Å². The monoisotopic (exact) mass is 361 g/mol. The van der Waals surface area contributed by atoms with Gasteiger partial charge in [-0.3, -0.25) is 9.78 Å². The van der Waals surface area contributed by atoms with E-state index in [4.69, 9.17) is 0 Å². The number of hydrogen-bond acceptors (Lipinski definition) is 4. The Morgan fingerprint density at radius 3 is 2.59 bits per heavy atom. The average Bonchev–Trinajstić information content (AvgIpc) is 3.08. The van der Waals surface area contributed by atoms with Gasteiger partial charge in [-0.2, -0.15) is 0 Å². The number of rotatable bonds is 5. The second-order valence-corrected chi connectivity index (χ2v) is 5.93. The fourth-order valence-corrected chi connectivity index (χ4v) is 2.88. The Morgan fingerprint density at radius 2 is 1.81 bits per heavy atom. The molecule has 0 spiro atoms. The lowest BCUT2D eigenvalue weighted by molar-refractivity contribution is 0.0952. The van der Waals surface area contributed by atoms with Crippen LogP contribution in [-0.4, -0.2) is 32.0 Å². The molecule has 3 heterocycles. The maximum atomic E-state index is 13.0. The summed E-state index contributed by atoms with van der Waals surface area (Å²) < 4.78 is 15.0. The first-order valence-corrected chi connectivity index (χ1v) is 8.48. The van der Waals surface area contributed by atoms with E-state index in [1.807, 2.05) is 28.8 Å². The van der Waals surface area contributed by atoms with Gasteiger partial charge < -0.3 is 9.88 Å². The molecule has 0 unspecified atom stereocenters. The average molecular weight is 361 g/mol. The minimum Gasteiger partial charge on any atom is -0.350 e. The number of hydrogen-bond donors (Lipinski definition) is 1. The maximum absolute atomic E-state index is 13.0. The molecule has 0 atom stereocenters. The van der Waals surface area contributed by atoms with Crippen LogP contribution in [0.1, 0.15) is 10.4 Å². The maximum Gasteiger partial charge on any atom is 0.251 e. The van der Waals surface area contributed by atoms with E-state index in [1.165, 1.54) is 24.3 Å². The third-order valence-electron chi connectivity index (χ3n) is 4.17.